The highest BCUT2D eigenvalue weighted by Gasteiger charge is 2.19. The number of nitrogens with one attached hydrogen (secondary N) is 1. The van der Waals surface area contributed by atoms with Crippen LogP contribution in [-0.2, 0) is 13.6 Å². The van der Waals surface area contributed by atoms with Crippen LogP contribution >= 0.6 is 0 Å². The number of nitrogens with zero attached hydrogens (tertiary/aromatic N) is 3. The van der Waals surface area contributed by atoms with Gasteiger partial charge < -0.3 is 9.88 Å². The van der Waals surface area contributed by atoms with E-state index in [2.05, 4.69) is 26.8 Å². The third-order valence-corrected chi connectivity index (χ3v) is 3.50. The third kappa shape index (κ3) is 2.83. The monoisotopic (exact) mass is 222 g/mol. The first-order valence-corrected chi connectivity index (χ1v) is 6.11. The number of aryl methyl sites for hydroxylation is 1. The molecule has 1 aromatic rings. The summed E-state index contributed by atoms with van der Waals surface area (Å²) in [7, 11) is 4.11. The summed E-state index contributed by atoms with van der Waals surface area (Å²) in [6.07, 6.45) is 6.49. The second-order valence-electron chi connectivity index (χ2n) is 4.77. The summed E-state index contributed by atoms with van der Waals surface area (Å²) >= 11 is 0. The molecule has 1 N–H and O–H groups in total. The lowest BCUT2D eigenvalue weighted by Gasteiger charge is -2.31. The van der Waals surface area contributed by atoms with Crippen molar-refractivity contribution in [1.82, 2.24) is 19.8 Å². The molecule has 1 aliphatic heterocycles. The molecule has 0 aromatic carbocycles. The van der Waals surface area contributed by atoms with Crippen molar-refractivity contribution in [2.24, 2.45) is 13.0 Å². The molecule has 1 aromatic heterocycles. The molecule has 0 atom stereocenters. The number of aromatic nitrogens is 2. The molecule has 4 heteroatoms. The Morgan fingerprint density at radius 3 is 2.75 bits per heavy atom. The highest BCUT2D eigenvalue weighted by atomic mass is 15.2. The fraction of sp³-hybridized carbons (Fsp3) is 0.750. The number of piperidine rings is 1. The Balaban J connectivity index is 1.79. The van der Waals surface area contributed by atoms with Crippen LogP contribution in [0.5, 0.6) is 0 Å². The molecule has 1 fully saturated rings. The zero-order valence-electron chi connectivity index (χ0n) is 10.3. The van der Waals surface area contributed by atoms with Gasteiger partial charge in [0.25, 0.3) is 0 Å². The molecule has 0 bridgehead atoms. The van der Waals surface area contributed by atoms with Gasteiger partial charge in [0.05, 0.1) is 12.0 Å². The van der Waals surface area contributed by atoms with E-state index in [0.29, 0.717) is 0 Å². The molecule has 1 saturated heterocycles. The van der Waals surface area contributed by atoms with Gasteiger partial charge in [-0.1, -0.05) is 0 Å². The summed E-state index contributed by atoms with van der Waals surface area (Å²) in [5, 5.41) is 3.27. The number of hydrogen-bond acceptors (Lipinski definition) is 3. The van der Waals surface area contributed by atoms with Gasteiger partial charge in [-0.25, -0.2) is 4.98 Å². The molecule has 0 saturated carbocycles. The molecule has 4 nitrogen and oxygen atoms in total. The van der Waals surface area contributed by atoms with E-state index in [4.69, 9.17) is 0 Å². The van der Waals surface area contributed by atoms with Crippen LogP contribution in [0.1, 0.15) is 18.5 Å². The predicted octanol–water partition coefficient (Wildman–Crippen LogP) is 0.851. The van der Waals surface area contributed by atoms with Crippen LogP contribution in [0.15, 0.2) is 12.5 Å². The first-order chi connectivity index (χ1) is 7.79. The molecular weight excluding hydrogens is 200 g/mol. The van der Waals surface area contributed by atoms with E-state index < -0.39 is 0 Å². The highest BCUT2D eigenvalue weighted by molar-refractivity contribution is 4.97. The minimum absolute atomic E-state index is 0.868. The fourth-order valence-electron chi connectivity index (χ4n) is 2.40. The molecule has 2 heterocycles. The molecule has 0 spiro atoms. The molecule has 0 unspecified atom stereocenters. The van der Waals surface area contributed by atoms with Gasteiger partial charge in [0, 0.05) is 19.8 Å². The van der Waals surface area contributed by atoms with Gasteiger partial charge in [-0.05, 0) is 45.4 Å². The topological polar surface area (TPSA) is 33.1 Å². The number of likely N-dealkylation sites (tertiary alicyclic amines) is 1. The predicted molar refractivity (Wildman–Crippen MR) is 65.1 cm³/mol. The second-order valence-corrected chi connectivity index (χ2v) is 4.77. The van der Waals surface area contributed by atoms with Gasteiger partial charge in [-0.2, -0.15) is 0 Å². The normalized spacial score (nSPS) is 19.1. The van der Waals surface area contributed by atoms with E-state index >= 15 is 0 Å². The number of hydrogen-bond donors (Lipinski definition) is 1. The first kappa shape index (κ1) is 11.6. The van der Waals surface area contributed by atoms with E-state index in [1.165, 1.54) is 38.2 Å². The maximum atomic E-state index is 4.16. The Labute approximate surface area is 97.7 Å². The minimum atomic E-state index is 0.868. The zero-order chi connectivity index (χ0) is 11.4. The zero-order valence-corrected chi connectivity index (χ0v) is 10.3. The summed E-state index contributed by atoms with van der Waals surface area (Å²) in [4.78, 5) is 6.69. The molecule has 90 valence electrons. The fourth-order valence-corrected chi connectivity index (χ4v) is 2.40. The number of imidazole rings is 1. The van der Waals surface area contributed by atoms with Crippen molar-refractivity contribution >= 4 is 0 Å². The van der Waals surface area contributed by atoms with Gasteiger partial charge in [0.15, 0.2) is 0 Å². The van der Waals surface area contributed by atoms with E-state index in [0.717, 1.165) is 12.5 Å². The maximum Gasteiger partial charge on any atom is 0.0945 e. The molecule has 0 amide bonds. The van der Waals surface area contributed by atoms with Crippen LogP contribution in [0.25, 0.3) is 0 Å². The molecule has 0 aliphatic carbocycles. The summed E-state index contributed by atoms with van der Waals surface area (Å²) in [5.41, 5.74) is 1.31. The van der Waals surface area contributed by atoms with Crippen molar-refractivity contribution in [1.29, 1.82) is 0 Å². The molecule has 2 rings (SSSR count). The average molecular weight is 222 g/mol. The van der Waals surface area contributed by atoms with Gasteiger partial charge >= 0.3 is 0 Å². The minimum Gasteiger partial charge on any atom is -0.337 e. The van der Waals surface area contributed by atoms with E-state index in [1.807, 2.05) is 19.6 Å². The maximum absolute atomic E-state index is 4.16. The van der Waals surface area contributed by atoms with Crippen LogP contribution in [0.2, 0.25) is 0 Å². The van der Waals surface area contributed by atoms with Crippen LogP contribution in [0, 0.1) is 5.92 Å². The smallest absolute Gasteiger partial charge is 0.0945 e. The van der Waals surface area contributed by atoms with Gasteiger partial charge in [-0.15, -0.1) is 0 Å². The van der Waals surface area contributed by atoms with Crippen LogP contribution < -0.4 is 5.32 Å². The highest BCUT2D eigenvalue weighted by Crippen LogP contribution is 2.17. The Morgan fingerprint density at radius 2 is 2.19 bits per heavy atom. The van der Waals surface area contributed by atoms with Crippen molar-refractivity contribution in [3.63, 3.8) is 0 Å². The lowest BCUT2D eigenvalue weighted by Crippen LogP contribution is -2.36. The first-order valence-electron chi connectivity index (χ1n) is 6.11. The average Bonchev–Trinajstić information content (AvgIpc) is 2.68. The SMILES string of the molecule is CNCC1CCN(Cc2cncn2C)CC1. The van der Waals surface area contributed by atoms with Gasteiger partial charge in [0.1, 0.15) is 0 Å². The van der Waals surface area contributed by atoms with E-state index in [-0.39, 0.29) is 0 Å². The quantitative estimate of drug-likeness (QED) is 0.820. The third-order valence-electron chi connectivity index (χ3n) is 3.50. The van der Waals surface area contributed by atoms with E-state index in [9.17, 15) is 0 Å². The van der Waals surface area contributed by atoms with Gasteiger partial charge in [-0.3, -0.25) is 4.90 Å². The van der Waals surface area contributed by atoms with Gasteiger partial charge in [0.2, 0.25) is 0 Å². The number of rotatable bonds is 4. The molecule has 16 heavy (non-hydrogen) atoms. The summed E-state index contributed by atoms with van der Waals surface area (Å²) in [6.45, 7) is 4.65. The Hall–Kier alpha value is -0.870. The van der Waals surface area contributed by atoms with Crippen molar-refractivity contribution in [3.05, 3.63) is 18.2 Å². The standard InChI is InChI=1S/C12H22N4/c1-13-7-11-3-5-16(6-4-11)9-12-8-14-10-15(12)2/h8,10-11,13H,3-7,9H2,1-2H3. The molecule has 0 radical (unpaired) electrons. The lowest BCUT2D eigenvalue weighted by molar-refractivity contribution is 0.174. The van der Waals surface area contributed by atoms with Crippen molar-refractivity contribution in [3.8, 4) is 0 Å². The molecule has 1 aliphatic rings. The lowest BCUT2D eigenvalue weighted by atomic mass is 9.97. The van der Waals surface area contributed by atoms with Crippen LogP contribution in [0.4, 0.5) is 0 Å². The summed E-state index contributed by atoms with van der Waals surface area (Å²) in [5.74, 6) is 0.868. The van der Waals surface area contributed by atoms with Crippen molar-refractivity contribution in [2.45, 2.75) is 19.4 Å². The Morgan fingerprint density at radius 1 is 1.44 bits per heavy atom. The summed E-state index contributed by atoms with van der Waals surface area (Å²) < 4.78 is 2.11. The van der Waals surface area contributed by atoms with Crippen LogP contribution in [-0.4, -0.2) is 41.1 Å². The van der Waals surface area contributed by atoms with Crippen molar-refractivity contribution < 1.29 is 0 Å². The van der Waals surface area contributed by atoms with Crippen LogP contribution in [0.3, 0.4) is 0 Å². The van der Waals surface area contributed by atoms with Crippen molar-refractivity contribution in [2.75, 3.05) is 26.7 Å². The molecular formula is C12H22N4. The Bertz CT molecular complexity index is 313. The largest absolute Gasteiger partial charge is 0.337 e. The Kier molecular flexibility index (Phi) is 3.96. The second kappa shape index (κ2) is 5.46. The van der Waals surface area contributed by atoms with E-state index in [1.54, 1.807) is 0 Å². The summed E-state index contributed by atoms with van der Waals surface area (Å²) in [6, 6.07) is 0.